The zero-order chi connectivity index (χ0) is 19.9. The number of hydrogen-bond acceptors (Lipinski definition) is 5. The van der Waals surface area contributed by atoms with Gasteiger partial charge in [0.25, 0.3) is 5.91 Å². The van der Waals surface area contributed by atoms with E-state index < -0.39 is 0 Å². The highest BCUT2D eigenvalue weighted by atomic mass is 16.1. The van der Waals surface area contributed by atoms with Crippen molar-refractivity contribution in [3.8, 4) is 0 Å². The zero-order valence-electron chi connectivity index (χ0n) is 17.1. The molecule has 2 aliphatic rings. The Balaban J connectivity index is 1.36. The number of hydrogen-bond donors (Lipinski definition) is 2. The SMILES string of the molecule is O=C(Nc1ccc(N2CCCCC2)cc1)c1ccnc(NC2CCCCCC2)n1. The van der Waals surface area contributed by atoms with Crippen LogP contribution in [-0.4, -0.2) is 35.0 Å². The van der Waals surface area contributed by atoms with Crippen molar-refractivity contribution in [3.63, 3.8) is 0 Å². The zero-order valence-corrected chi connectivity index (χ0v) is 17.1. The lowest BCUT2D eigenvalue weighted by Crippen LogP contribution is -2.29. The molecule has 1 aromatic carbocycles. The number of benzene rings is 1. The van der Waals surface area contributed by atoms with Crippen molar-refractivity contribution in [2.45, 2.75) is 63.8 Å². The van der Waals surface area contributed by atoms with Gasteiger partial charge in [-0.3, -0.25) is 4.79 Å². The molecule has 29 heavy (non-hydrogen) atoms. The van der Waals surface area contributed by atoms with Crippen molar-refractivity contribution in [1.82, 2.24) is 9.97 Å². The van der Waals surface area contributed by atoms with Gasteiger partial charge in [-0.1, -0.05) is 25.7 Å². The van der Waals surface area contributed by atoms with E-state index in [9.17, 15) is 4.79 Å². The number of carbonyl (C=O) groups is 1. The summed E-state index contributed by atoms with van der Waals surface area (Å²) >= 11 is 0. The van der Waals surface area contributed by atoms with Gasteiger partial charge in [0.2, 0.25) is 5.95 Å². The van der Waals surface area contributed by atoms with Gasteiger partial charge in [0.15, 0.2) is 0 Å². The molecule has 0 bridgehead atoms. The number of rotatable bonds is 5. The van der Waals surface area contributed by atoms with Crippen molar-refractivity contribution in [2.24, 2.45) is 0 Å². The average Bonchev–Trinajstić information content (AvgIpc) is 3.04. The summed E-state index contributed by atoms with van der Waals surface area (Å²) in [7, 11) is 0. The summed E-state index contributed by atoms with van der Waals surface area (Å²) in [5.41, 5.74) is 2.39. The fourth-order valence-corrected chi connectivity index (χ4v) is 4.26. The highest BCUT2D eigenvalue weighted by Gasteiger charge is 2.15. The van der Waals surface area contributed by atoms with Crippen molar-refractivity contribution >= 4 is 23.2 Å². The van der Waals surface area contributed by atoms with Gasteiger partial charge in [-0.05, 0) is 62.4 Å². The molecular formula is C23H31N5O. The molecule has 2 fully saturated rings. The second-order valence-corrected chi connectivity index (χ2v) is 8.15. The summed E-state index contributed by atoms with van der Waals surface area (Å²) < 4.78 is 0. The number of anilines is 3. The summed E-state index contributed by atoms with van der Waals surface area (Å²) in [5, 5.41) is 6.37. The molecule has 2 aromatic rings. The van der Waals surface area contributed by atoms with Gasteiger partial charge in [-0.2, -0.15) is 0 Å². The molecule has 0 radical (unpaired) electrons. The smallest absolute Gasteiger partial charge is 0.274 e. The van der Waals surface area contributed by atoms with E-state index in [1.54, 1.807) is 12.3 Å². The van der Waals surface area contributed by atoms with Gasteiger partial charge in [0.05, 0.1) is 0 Å². The fraction of sp³-hybridized carbons (Fsp3) is 0.522. The molecule has 1 saturated carbocycles. The van der Waals surface area contributed by atoms with Crippen LogP contribution in [0.15, 0.2) is 36.5 Å². The van der Waals surface area contributed by atoms with E-state index in [0.29, 0.717) is 17.7 Å². The molecule has 0 unspecified atom stereocenters. The second kappa shape index (κ2) is 9.72. The third kappa shape index (κ3) is 5.46. The minimum atomic E-state index is -0.206. The van der Waals surface area contributed by atoms with E-state index in [4.69, 9.17) is 0 Å². The molecule has 154 valence electrons. The van der Waals surface area contributed by atoms with Crippen LogP contribution in [-0.2, 0) is 0 Å². The Morgan fingerprint density at radius 2 is 1.59 bits per heavy atom. The van der Waals surface area contributed by atoms with Crippen LogP contribution in [0.1, 0.15) is 68.3 Å². The normalized spacial score (nSPS) is 18.1. The van der Waals surface area contributed by atoms with Gasteiger partial charge < -0.3 is 15.5 Å². The van der Waals surface area contributed by atoms with Crippen molar-refractivity contribution in [3.05, 3.63) is 42.2 Å². The maximum absolute atomic E-state index is 12.7. The minimum Gasteiger partial charge on any atom is -0.372 e. The highest BCUT2D eigenvalue weighted by molar-refractivity contribution is 6.03. The van der Waals surface area contributed by atoms with Crippen LogP contribution in [0.2, 0.25) is 0 Å². The quantitative estimate of drug-likeness (QED) is 0.710. The fourth-order valence-electron chi connectivity index (χ4n) is 4.26. The Bertz CT molecular complexity index is 793. The van der Waals surface area contributed by atoms with Crippen LogP contribution >= 0.6 is 0 Å². The summed E-state index contributed by atoms with van der Waals surface area (Å²) in [6.07, 6.45) is 12.9. The van der Waals surface area contributed by atoms with Crippen molar-refractivity contribution < 1.29 is 4.79 Å². The molecular weight excluding hydrogens is 362 g/mol. The van der Waals surface area contributed by atoms with Gasteiger partial charge in [0, 0.05) is 36.7 Å². The third-order valence-electron chi connectivity index (χ3n) is 5.92. The Kier molecular flexibility index (Phi) is 6.60. The topological polar surface area (TPSA) is 70.2 Å². The molecule has 2 heterocycles. The summed E-state index contributed by atoms with van der Waals surface area (Å²) in [6, 6.07) is 10.2. The molecule has 1 aliphatic heterocycles. The molecule has 6 nitrogen and oxygen atoms in total. The van der Waals surface area contributed by atoms with Crippen molar-refractivity contribution in [2.75, 3.05) is 28.6 Å². The molecule has 1 aromatic heterocycles. The monoisotopic (exact) mass is 393 g/mol. The standard InChI is InChI=1S/C23H31N5O/c29-22(25-19-10-12-20(13-11-19)28-16-6-3-7-17-28)21-14-15-24-23(27-21)26-18-8-4-1-2-5-9-18/h10-15,18H,1-9,16-17H2,(H,25,29)(H,24,26,27). The minimum absolute atomic E-state index is 0.206. The maximum Gasteiger partial charge on any atom is 0.274 e. The lowest BCUT2D eigenvalue weighted by molar-refractivity contribution is 0.102. The molecule has 6 heteroatoms. The molecule has 1 amide bonds. The first kappa shape index (κ1) is 19.7. The summed E-state index contributed by atoms with van der Waals surface area (Å²) in [5.74, 6) is 0.340. The predicted octanol–water partition coefficient (Wildman–Crippen LogP) is 4.85. The molecule has 1 aliphatic carbocycles. The Morgan fingerprint density at radius 1 is 0.897 bits per heavy atom. The second-order valence-electron chi connectivity index (χ2n) is 8.15. The van der Waals surface area contributed by atoms with Crippen LogP contribution in [0.3, 0.4) is 0 Å². The highest BCUT2D eigenvalue weighted by Crippen LogP contribution is 2.22. The Hall–Kier alpha value is -2.63. The van der Waals surface area contributed by atoms with E-state index in [2.05, 4.69) is 37.6 Å². The predicted molar refractivity (Wildman–Crippen MR) is 118 cm³/mol. The van der Waals surface area contributed by atoms with Gasteiger partial charge in [0.1, 0.15) is 5.69 Å². The molecule has 0 spiro atoms. The summed E-state index contributed by atoms with van der Waals surface area (Å²) in [4.78, 5) is 23.8. The van der Waals surface area contributed by atoms with Crippen LogP contribution in [0.4, 0.5) is 17.3 Å². The molecule has 2 N–H and O–H groups in total. The first-order valence-electron chi connectivity index (χ1n) is 11.0. The largest absolute Gasteiger partial charge is 0.372 e. The third-order valence-corrected chi connectivity index (χ3v) is 5.92. The molecule has 0 atom stereocenters. The number of piperidine rings is 1. The van der Waals surface area contributed by atoms with Gasteiger partial charge in [-0.25, -0.2) is 9.97 Å². The lowest BCUT2D eigenvalue weighted by atomic mass is 10.1. The van der Waals surface area contributed by atoms with Crippen LogP contribution in [0.5, 0.6) is 0 Å². The maximum atomic E-state index is 12.7. The van der Waals surface area contributed by atoms with E-state index in [-0.39, 0.29) is 5.91 Å². The van der Waals surface area contributed by atoms with E-state index >= 15 is 0 Å². The van der Waals surface area contributed by atoms with Crippen molar-refractivity contribution in [1.29, 1.82) is 0 Å². The molecule has 1 saturated heterocycles. The van der Waals surface area contributed by atoms with Crippen LogP contribution in [0.25, 0.3) is 0 Å². The number of nitrogens with one attached hydrogen (secondary N) is 2. The van der Waals surface area contributed by atoms with Crippen LogP contribution < -0.4 is 15.5 Å². The van der Waals surface area contributed by atoms with E-state index in [0.717, 1.165) is 31.6 Å². The molecule has 4 rings (SSSR count). The van der Waals surface area contributed by atoms with Crippen LogP contribution in [0, 0.1) is 0 Å². The number of amides is 1. The number of aromatic nitrogens is 2. The lowest BCUT2D eigenvalue weighted by Gasteiger charge is -2.28. The van der Waals surface area contributed by atoms with Gasteiger partial charge >= 0.3 is 0 Å². The Morgan fingerprint density at radius 3 is 2.31 bits per heavy atom. The number of nitrogens with zero attached hydrogens (tertiary/aromatic N) is 3. The van der Waals surface area contributed by atoms with E-state index in [1.807, 2.05) is 12.1 Å². The first-order valence-corrected chi connectivity index (χ1v) is 11.0. The van der Waals surface area contributed by atoms with E-state index in [1.165, 1.54) is 50.6 Å². The summed E-state index contributed by atoms with van der Waals surface area (Å²) in [6.45, 7) is 2.23. The van der Waals surface area contributed by atoms with Gasteiger partial charge in [-0.15, -0.1) is 0 Å². The Labute approximate surface area is 173 Å². The average molecular weight is 394 g/mol. The number of carbonyl (C=O) groups excluding carboxylic acids is 1. The first-order chi connectivity index (χ1) is 14.3.